The van der Waals surface area contributed by atoms with Crippen LogP contribution in [-0.2, 0) is 11.3 Å². The molecule has 2 aromatic heterocycles. The lowest BCUT2D eigenvalue weighted by atomic mass is 9.91. The average Bonchev–Trinajstić information content (AvgIpc) is 3.40. The predicted octanol–water partition coefficient (Wildman–Crippen LogP) is 3.80. The van der Waals surface area contributed by atoms with Gasteiger partial charge in [-0.2, -0.15) is 4.98 Å². The van der Waals surface area contributed by atoms with E-state index in [1.807, 2.05) is 29.5 Å². The summed E-state index contributed by atoms with van der Waals surface area (Å²) in [6, 6.07) is 4.44. The van der Waals surface area contributed by atoms with Gasteiger partial charge in [0, 0.05) is 19.0 Å². The SMILES string of the molecule is CN(C(=O)C1CCN(Cc2nc(-c3cccs3)no2)CC1)C1CCCCC1. The first-order valence-electron chi connectivity index (χ1n) is 10.1. The Kier molecular flexibility index (Phi) is 5.88. The molecule has 0 bridgehead atoms. The maximum absolute atomic E-state index is 12.9. The third-order valence-electron chi connectivity index (χ3n) is 5.98. The van der Waals surface area contributed by atoms with E-state index >= 15 is 0 Å². The molecule has 1 amide bonds. The van der Waals surface area contributed by atoms with Crippen molar-refractivity contribution in [2.24, 2.45) is 5.92 Å². The number of nitrogens with zero attached hydrogens (tertiary/aromatic N) is 4. The Labute approximate surface area is 164 Å². The number of hydrogen-bond acceptors (Lipinski definition) is 6. The molecule has 0 atom stereocenters. The number of piperidine rings is 1. The molecule has 27 heavy (non-hydrogen) atoms. The van der Waals surface area contributed by atoms with Crippen molar-refractivity contribution in [3.8, 4) is 10.7 Å². The topological polar surface area (TPSA) is 62.5 Å². The highest BCUT2D eigenvalue weighted by Gasteiger charge is 2.31. The molecule has 1 aliphatic carbocycles. The van der Waals surface area contributed by atoms with E-state index in [0.717, 1.165) is 30.8 Å². The van der Waals surface area contributed by atoms with Gasteiger partial charge in [0.1, 0.15) is 0 Å². The molecule has 0 unspecified atom stereocenters. The molecule has 0 spiro atoms. The molecule has 0 radical (unpaired) electrons. The summed E-state index contributed by atoms with van der Waals surface area (Å²) in [7, 11) is 2.01. The van der Waals surface area contributed by atoms with Gasteiger partial charge in [-0.25, -0.2) is 0 Å². The number of aromatic nitrogens is 2. The van der Waals surface area contributed by atoms with E-state index in [-0.39, 0.29) is 5.92 Å². The van der Waals surface area contributed by atoms with Crippen molar-refractivity contribution in [1.82, 2.24) is 19.9 Å². The van der Waals surface area contributed by atoms with Crippen LogP contribution in [0.2, 0.25) is 0 Å². The standard InChI is InChI=1S/C20H28N4O2S/c1-23(16-6-3-2-4-7-16)20(25)15-9-11-24(12-10-15)14-18-21-19(22-26-18)17-8-5-13-27-17/h5,8,13,15-16H,2-4,6-7,9-12,14H2,1H3. The van der Waals surface area contributed by atoms with Crippen LogP contribution >= 0.6 is 11.3 Å². The normalized spacial score (nSPS) is 20.0. The monoisotopic (exact) mass is 388 g/mol. The second-order valence-corrected chi connectivity index (χ2v) is 8.73. The van der Waals surface area contributed by atoms with Gasteiger partial charge in [-0.15, -0.1) is 11.3 Å². The summed E-state index contributed by atoms with van der Waals surface area (Å²) in [5, 5.41) is 6.09. The van der Waals surface area contributed by atoms with Crippen LogP contribution in [0.25, 0.3) is 10.7 Å². The molecule has 0 N–H and O–H groups in total. The summed E-state index contributed by atoms with van der Waals surface area (Å²) < 4.78 is 5.41. The minimum atomic E-state index is 0.164. The summed E-state index contributed by atoms with van der Waals surface area (Å²) in [5.74, 6) is 1.83. The van der Waals surface area contributed by atoms with E-state index < -0.39 is 0 Å². The molecule has 2 aromatic rings. The lowest BCUT2D eigenvalue weighted by Crippen LogP contribution is -2.45. The molecule has 2 fully saturated rings. The number of thiophene rings is 1. The van der Waals surface area contributed by atoms with Gasteiger partial charge >= 0.3 is 0 Å². The van der Waals surface area contributed by atoms with Crippen molar-refractivity contribution in [3.05, 3.63) is 23.4 Å². The molecule has 1 aliphatic heterocycles. The molecule has 0 aromatic carbocycles. The van der Waals surface area contributed by atoms with Crippen molar-refractivity contribution in [1.29, 1.82) is 0 Å². The van der Waals surface area contributed by atoms with E-state index in [9.17, 15) is 4.79 Å². The summed E-state index contributed by atoms with van der Waals surface area (Å²) >= 11 is 1.61. The largest absolute Gasteiger partial charge is 0.343 e. The minimum absolute atomic E-state index is 0.164. The molecule has 4 rings (SSSR count). The average molecular weight is 389 g/mol. The maximum atomic E-state index is 12.9. The number of carbonyl (C=O) groups is 1. The number of amides is 1. The lowest BCUT2D eigenvalue weighted by molar-refractivity contribution is -0.138. The Bertz CT molecular complexity index is 731. The fourth-order valence-electron chi connectivity index (χ4n) is 4.29. The third-order valence-corrected chi connectivity index (χ3v) is 6.84. The summed E-state index contributed by atoms with van der Waals surface area (Å²) in [6.07, 6.45) is 8.02. The summed E-state index contributed by atoms with van der Waals surface area (Å²) in [5.41, 5.74) is 0. The number of likely N-dealkylation sites (tertiary alicyclic amines) is 1. The van der Waals surface area contributed by atoms with E-state index in [4.69, 9.17) is 4.52 Å². The summed E-state index contributed by atoms with van der Waals surface area (Å²) in [4.78, 5) is 22.8. The Balaban J connectivity index is 1.27. The highest BCUT2D eigenvalue weighted by atomic mass is 32.1. The van der Waals surface area contributed by atoms with Crippen molar-refractivity contribution < 1.29 is 9.32 Å². The minimum Gasteiger partial charge on any atom is -0.343 e. The fourth-order valence-corrected chi connectivity index (χ4v) is 4.94. The van der Waals surface area contributed by atoms with Crippen LogP contribution in [0.3, 0.4) is 0 Å². The van der Waals surface area contributed by atoms with Gasteiger partial charge in [-0.1, -0.05) is 30.5 Å². The van der Waals surface area contributed by atoms with Gasteiger partial charge in [-0.3, -0.25) is 9.69 Å². The quantitative estimate of drug-likeness (QED) is 0.780. The highest BCUT2D eigenvalue weighted by molar-refractivity contribution is 7.13. The zero-order chi connectivity index (χ0) is 18.6. The van der Waals surface area contributed by atoms with Crippen molar-refractivity contribution in [3.63, 3.8) is 0 Å². The Morgan fingerprint density at radius 2 is 2.04 bits per heavy atom. The molecular weight excluding hydrogens is 360 g/mol. The Morgan fingerprint density at radius 1 is 1.26 bits per heavy atom. The van der Waals surface area contributed by atoms with Gasteiger partial charge < -0.3 is 9.42 Å². The van der Waals surface area contributed by atoms with Crippen LogP contribution in [0.4, 0.5) is 0 Å². The first kappa shape index (κ1) is 18.6. The van der Waals surface area contributed by atoms with Crippen molar-refractivity contribution >= 4 is 17.2 Å². The number of carbonyl (C=O) groups excluding carboxylic acids is 1. The van der Waals surface area contributed by atoms with Crippen LogP contribution in [-0.4, -0.2) is 52.0 Å². The molecular formula is C20H28N4O2S. The molecule has 2 aliphatic rings. The molecule has 146 valence electrons. The molecule has 1 saturated carbocycles. The van der Waals surface area contributed by atoms with Crippen LogP contribution in [0.15, 0.2) is 22.0 Å². The van der Waals surface area contributed by atoms with E-state index in [1.165, 1.54) is 32.1 Å². The Hall–Kier alpha value is -1.73. The smallest absolute Gasteiger partial charge is 0.241 e. The third kappa shape index (κ3) is 4.41. The number of hydrogen-bond donors (Lipinski definition) is 0. The first-order valence-corrected chi connectivity index (χ1v) is 10.9. The van der Waals surface area contributed by atoms with E-state index in [1.54, 1.807) is 11.3 Å². The van der Waals surface area contributed by atoms with Crippen molar-refractivity contribution in [2.75, 3.05) is 20.1 Å². The van der Waals surface area contributed by atoms with Crippen LogP contribution in [0.5, 0.6) is 0 Å². The van der Waals surface area contributed by atoms with E-state index in [0.29, 0.717) is 30.2 Å². The lowest BCUT2D eigenvalue weighted by Gasteiger charge is -2.36. The van der Waals surface area contributed by atoms with Gasteiger partial charge in [0.05, 0.1) is 11.4 Å². The predicted molar refractivity (Wildman–Crippen MR) is 105 cm³/mol. The van der Waals surface area contributed by atoms with Gasteiger partial charge in [0.25, 0.3) is 0 Å². The van der Waals surface area contributed by atoms with Gasteiger partial charge in [0.2, 0.25) is 17.6 Å². The van der Waals surface area contributed by atoms with Gasteiger partial charge in [-0.05, 0) is 50.2 Å². The second-order valence-electron chi connectivity index (χ2n) is 7.78. The highest BCUT2D eigenvalue weighted by Crippen LogP contribution is 2.27. The zero-order valence-corrected chi connectivity index (χ0v) is 16.8. The second kappa shape index (κ2) is 8.52. The fraction of sp³-hybridized carbons (Fsp3) is 0.650. The van der Waals surface area contributed by atoms with Crippen LogP contribution in [0.1, 0.15) is 50.8 Å². The maximum Gasteiger partial charge on any atom is 0.241 e. The molecule has 1 saturated heterocycles. The van der Waals surface area contributed by atoms with Gasteiger partial charge in [0.15, 0.2) is 0 Å². The van der Waals surface area contributed by atoms with Crippen LogP contribution in [0, 0.1) is 5.92 Å². The summed E-state index contributed by atoms with van der Waals surface area (Å²) in [6.45, 7) is 2.48. The van der Waals surface area contributed by atoms with Crippen LogP contribution < -0.4 is 0 Å². The first-order chi connectivity index (χ1) is 13.2. The van der Waals surface area contributed by atoms with E-state index in [2.05, 4.69) is 15.0 Å². The number of rotatable bonds is 5. The zero-order valence-electron chi connectivity index (χ0n) is 16.0. The van der Waals surface area contributed by atoms with Crippen molar-refractivity contribution in [2.45, 2.75) is 57.5 Å². The molecule has 7 heteroatoms. The molecule has 6 nitrogen and oxygen atoms in total. The Morgan fingerprint density at radius 3 is 2.74 bits per heavy atom. The molecule has 3 heterocycles.